The number of benzene rings is 1. The maximum atomic E-state index is 6.56. The van der Waals surface area contributed by atoms with Crippen molar-refractivity contribution in [3.63, 3.8) is 0 Å². The van der Waals surface area contributed by atoms with Crippen LogP contribution in [0.3, 0.4) is 0 Å². The molecule has 0 atom stereocenters. The molecule has 4 nitrogen and oxygen atoms in total. The number of piperazine rings is 1. The van der Waals surface area contributed by atoms with Crippen LogP contribution in [0.15, 0.2) is 6.07 Å². The van der Waals surface area contributed by atoms with E-state index >= 15 is 0 Å². The zero-order chi connectivity index (χ0) is 15.5. The fraction of sp³-hybridized carbons (Fsp3) is 0.647. The Labute approximate surface area is 137 Å². The van der Waals surface area contributed by atoms with Gasteiger partial charge in [0, 0.05) is 49.4 Å². The summed E-state index contributed by atoms with van der Waals surface area (Å²) in [5, 5.41) is 4.20. The lowest BCUT2D eigenvalue weighted by atomic mass is 9.93. The van der Waals surface area contributed by atoms with E-state index < -0.39 is 0 Å². The minimum absolute atomic E-state index is 0.368. The van der Waals surface area contributed by atoms with Gasteiger partial charge in [0.1, 0.15) is 13.2 Å². The summed E-state index contributed by atoms with van der Waals surface area (Å²) >= 11 is 6.56. The van der Waals surface area contributed by atoms with Crippen LogP contribution < -0.4 is 14.8 Å². The molecule has 1 fully saturated rings. The monoisotopic (exact) mass is 324 g/mol. The third-order valence-electron chi connectivity index (χ3n) is 4.39. The smallest absolute Gasteiger partial charge is 0.165 e. The number of hydrogen-bond donors (Lipinski definition) is 1. The van der Waals surface area contributed by atoms with Gasteiger partial charge in [0.25, 0.3) is 0 Å². The molecule has 0 aromatic heterocycles. The Balaban J connectivity index is 1.85. The van der Waals surface area contributed by atoms with Crippen LogP contribution in [-0.2, 0) is 6.42 Å². The maximum Gasteiger partial charge on any atom is 0.165 e. The number of hydrogen-bond acceptors (Lipinski definition) is 4. The fourth-order valence-corrected chi connectivity index (χ4v) is 3.58. The van der Waals surface area contributed by atoms with E-state index in [4.69, 9.17) is 21.1 Å². The SMILES string of the molecule is CC(C)c1c(CCN2CCNCC2)c(Cl)cc2c1OCCO2. The van der Waals surface area contributed by atoms with Gasteiger partial charge in [-0.05, 0) is 17.9 Å². The van der Waals surface area contributed by atoms with Crippen LogP contribution in [0.25, 0.3) is 0 Å². The number of halogens is 1. The van der Waals surface area contributed by atoms with Crippen LogP contribution in [-0.4, -0.2) is 50.8 Å². The summed E-state index contributed by atoms with van der Waals surface area (Å²) in [6.07, 6.45) is 0.961. The molecule has 0 saturated carbocycles. The third kappa shape index (κ3) is 3.34. The van der Waals surface area contributed by atoms with Crippen LogP contribution >= 0.6 is 11.6 Å². The van der Waals surface area contributed by atoms with Crippen molar-refractivity contribution in [2.24, 2.45) is 0 Å². The van der Waals surface area contributed by atoms with Crippen LogP contribution in [0, 0.1) is 0 Å². The van der Waals surface area contributed by atoms with Gasteiger partial charge in [-0.3, -0.25) is 0 Å². The van der Waals surface area contributed by atoms with Gasteiger partial charge in [0.2, 0.25) is 0 Å². The molecule has 2 heterocycles. The fourth-order valence-electron chi connectivity index (χ4n) is 3.29. The minimum Gasteiger partial charge on any atom is -0.486 e. The van der Waals surface area contributed by atoms with Gasteiger partial charge in [-0.15, -0.1) is 0 Å². The minimum atomic E-state index is 0.368. The molecule has 0 radical (unpaired) electrons. The summed E-state index contributed by atoms with van der Waals surface area (Å²) in [5.74, 6) is 2.07. The molecular weight excluding hydrogens is 300 g/mol. The second kappa shape index (κ2) is 7.07. The highest BCUT2D eigenvalue weighted by Crippen LogP contribution is 2.43. The van der Waals surface area contributed by atoms with E-state index in [9.17, 15) is 0 Å². The number of ether oxygens (including phenoxy) is 2. The number of nitrogens with zero attached hydrogens (tertiary/aromatic N) is 1. The number of fused-ring (bicyclic) bond motifs is 1. The Morgan fingerprint density at radius 2 is 1.95 bits per heavy atom. The van der Waals surface area contributed by atoms with E-state index in [2.05, 4.69) is 24.1 Å². The molecule has 1 N–H and O–H groups in total. The van der Waals surface area contributed by atoms with E-state index in [0.29, 0.717) is 19.1 Å². The summed E-state index contributed by atoms with van der Waals surface area (Å²) in [6, 6.07) is 1.93. The Hall–Kier alpha value is -0.970. The van der Waals surface area contributed by atoms with E-state index in [0.717, 1.165) is 55.7 Å². The molecule has 5 heteroatoms. The zero-order valence-corrected chi connectivity index (χ0v) is 14.2. The molecule has 3 rings (SSSR count). The second-order valence-corrected chi connectivity index (χ2v) is 6.68. The molecule has 2 aliphatic heterocycles. The first-order chi connectivity index (χ1) is 10.7. The van der Waals surface area contributed by atoms with Crippen molar-refractivity contribution in [2.45, 2.75) is 26.2 Å². The topological polar surface area (TPSA) is 33.7 Å². The van der Waals surface area contributed by atoms with Gasteiger partial charge in [0.15, 0.2) is 11.5 Å². The van der Waals surface area contributed by atoms with Gasteiger partial charge in [-0.1, -0.05) is 25.4 Å². The normalized spacial score (nSPS) is 18.7. The Morgan fingerprint density at radius 3 is 2.68 bits per heavy atom. The van der Waals surface area contributed by atoms with Gasteiger partial charge >= 0.3 is 0 Å². The van der Waals surface area contributed by atoms with Gasteiger partial charge < -0.3 is 19.7 Å². The molecule has 0 unspecified atom stereocenters. The van der Waals surface area contributed by atoms with Crippen molar-refractivity contribution >= 4 is 11.6 Å². The van der Waals surface area contributed by atoms with Crippen LogP contribution in [0.4, 0.5) is 0 Å². The zero-order valence-electron chi connectivity index (χ0n) is 13.5. The summed E-state index contributed by atoms with van der Waals surface area (Å²) in [5.41, 5.74) is 2.44. The average molecular weight is 325 g/mol. The van der Waals surface area contributed by atoms with Crippen LogP contribution in [0.1, 0.15) is 30.9 Å². The van der Waals surface area contributed by atoms with Gasteiger partial charge in [-0.25, -0.2) is 0 Å². The predicted molar refractivity (Wildman–Crippen MR) is 89.5 cm³/mol. The third-order valence-corrected chi connectivity index (χ3v) is 4.73. The predicted octanol–water partition coefficient (Wildman–Crippen LogP) is 2.68. The molecule has 0 amide bonds. The summed E-state index contributed by atoms with van der Waals surface area (Å²) in [7, 11) is 0. The molecule has 2 aliphatic rings. The maximum absolute atomic E-state index is 6.56. The lowest BCUT2D eigenvalue weighted by Gasteiger charge is -2.29. The van der Waals surface area contributed by atoms with Crippen molar-refractivity contribution in [3.05, 3.63) is 22.2 Å². The molecular formula is C17H25ClN2O2. The first-order valence-electron chi connectivity index (χ1n) is 8.20. The Morgan fingerprint density at radius 1 is 1.23 bits per heavy atom. The molecule has 1 aromatic rings. The highest BCUT2D eigenvalue weighted by atomic mass is 35.5. The Bertz CT molecular complexity index is 528. The second-order valence-electron chi connectivity index (χ2n) is 6.27. The lowest BCUT2D eigenvalue weighted by Crippen LogP contribution is -2.44. The first-order valence-corrected chi connectivity index (χ1v) is 8.58. The largest absolute Gasteiger partial charge is 0.486 e. The van der Waals surface area contributed by atoms with E-state index in [-0.39, 0.29) is 0 Å². The quantitative estimate of drug-likeness (QED) is 0.923. The Kier molecular flexibility index (Phi) is 5.11. The molecule has 22 heavy (non-hydrogen) atoms. The molecule has 0 aliphatic carbocycles. The standard InChI is InChI=1S/C17H25ClN2O2/c1-12(2)16-13(3-6-20-7-4-19-5-8-20)14(18)11-15-17(16)22-10-9-21-15/h11-12,19H,3-10H2,1-2H3. The van der Waals surface area contributed by atoms with Crippen molar-refractivity contribution in [3.8, 4) is 11.5 Å². The van der Waals surface area contributed by atoms with Crippen molar-refractivity contribution in [1.82, 2.24) is 10.2 Å². The average Bonchev–Trinajstić information content (AvgIpc) is 2.53. The van der Waals surface area contributed by atoms with Crippen molar-refractivity contribution in [2.75, 3.05) is 45.9 Å². The summed E-state index contributed by atoms with van der Waals surface area (Å²) in [6.45, 7) is 11.0. The lowest BCUT2D eigenvalue weighted by molar-refractivity contribution is 0.169. The van der Waals surface area contributed by atoms with Crippen LogP contribution in [0.2, 0.25) is 5.02 Å². The van der Waals surface area contributed by atoms with Gasteiger partial charge in [0.05, 0.1) is 0 Å². The van der Waals surface area contributed by atoms with Crippen molar-refractivity contribution in [1.29, 1.82) is 0 Å². The number of nitrogens with one attached hydrogen (secondary N) is 1. The first kappa shape index (κ1) is 15.9. The van der Waals surface area contributed by atoms with Crippen LogP contribution in [0.5, 0.6) is 11.5 Å². The van der Waals surface area contributed by atoms with Crippen molar-refractivity contribution < 1.29 is 9.47 Å². The highest BCUT2D eigenvalue weighted by Gasteiger charge is 2.24. The summed E-state index contributed by atoms with van der Waals surface area (Å²) in [4.78, 5) is 2.49. The van der Waals surface area contributed by atoms with E-state index in [1.807, 2.05) is 6.07 Å². The molecule has 1 saturated heterocycles. The van der Waals surface area contributed by atoms with E-state index in [1.54, 1.807) is 0 Å². The summed E-state index contributed by atoms with van der Waals surface area (Å²) < 4.78 is 11.6. The number of rotatable bonds is 4. The molecule has 122 valence electrons. The van der Waals surface area contributed by atoms with Gasteiger partial charge in [-0.2, -0.15) is 0 Å². The molecule has 0 spiro atoms. The molecule has 1 aromatic carbocycles. The molecule has 0 bridgehead atoms. The van der Waals surface area contributed by atoms with E-state index in [1.165, 1.54) is 11.1 Å². The highest BCUT2D eigenvalue weighted by molar-refractivity contribution is 6.31.